The molecule has 1 heterocycles. The van der Waals surface area contributed by atoms with Gasteiger partial charge in [0, 0.05) is 10.2 Å². The molecule has 0 saturated carbocycles. The van der Waals surface area contributed by atoms with Crippen LogP contribution in [0.15, 0.2) is 53.3 Å². The van der Waals surface area contributed by atoms with Crippen molar-refractivity contribution in [1.82, 2.24) is 9.55 Å². The fourth-order valence-electron chi connectivity index (χ4n) is 2.11. The number of benzene rings is 2. The van der Waals surface area contributed by atoms with Crippen LogP contribution in [0.3, 0.4) is 0 Å². The molecule has 0 unspecified atom stereocenters. The van der Waals surface area contributed by atoms with Crippen LogP contribution in [0.25, 0.3) is 11.0 Å². The molecule has 0 aliphatic rings. The van der Waals surface area contributed by atoms with Gasteiger partial charge in [0.05, 0.1) is 23.0 Å². The number of nitrogen functional groups attached to an aromatic ring is 1. The summed E-state index contributed by atoms with van der Waals surface area (Å²) in [6.45, 7) is 0.206. The third-order valence-electron chi connectivity index (χ3n) is 3.11. The van der Waals surface area contributed by atoms with Crippen molar-refractivity contribution >= 4 is 44.2 Å². The summed E-state index contributed by atoms with van der Waals surface area (Å²) in [7, 11) is 0. The van der Waals surface area contributed by atoms with Crippen molar-refractivity contribution in [2.75, 3.05) is 11.1 Å². The second kappa shape index (κ2) is 5.57. The first-order valence-electron chi connectivity index (χ1n) is 6.38. The third-order valence-corrected chi connectivity index (χ3v) is 3.76. The van der Waals surface area contributed by atoms with E-state index in [0.717, 1.165) is 15.5 Å². The Morgan fingerprint density at radius 1 is 1.29 bits per heavy atom. The molecule has 3 aromatic rings. The van der Waals surface area contributed by atoms with Crippen molar-refractivity contribution in [1.29, 1.82) is 0 Å². The van der Waals surface area contributed by atoms with Crippen LogP contribution in [-0.2, 0) is 11.3 Å². The van der Waals surface area contributed by atoms with Crippen LogP contribution < -0.4 is 11.1 Å². The molecular formula is C15H13BrN4O. The zero-order chi connectivity index (χ0) is 14.8. The molecule has 106 valence electrons. The molecule has 0 fully saturated rings. The van der Waals surface area contributed by atoms with Crippen LogP contribution in [0.2, 0.25) is 0 Å². The number of rotatable bonds is 3. The summed E-state index contributed by atoms with van der Waals surface area (Å²) in [4.78, 5) is 16.4. The predicted octanol–water partition coefficient (Wildman–Crippen LogP) is 3.02. The minimum Gasteiger partial charge on any atom is -0.399 e. The summed E-state index contributed by atoms with van der Waals surface area (Å²) in [5.41, 5.74) is 8.82. The maximum atomic E-state index is 12.1. The maximum Gasteiger partial charge on any atom is 0.244 e. The molecule has 0 aliphatic carbocycles. The fourth-order valence-corrected chi connectivity index (χ4v) is 2.61. The Morgan fingerprint density at radius 3 is 2.90 bits per heavy atom. The van der Waals surface area contributed by atoms with Gasteiger partial charge in [0.2, 0.25) is 5.91 Å². The van der Waals surface area contributed by atoms with E-state index in [9.17, 15) is 4.79 Å². The second-order valence-corrected chi connectivity index (χ2v) is 5.50. The van der Waals surface area contributed by atoms with Gasteiger partial charge in [0.25, 0.3) is 0 Å². The Hall–Kier alpha value is -2.34. The van der Waals surface area contributed by atoms with Crippen molar-refractivity contribution in [2.45, 2.75) is 6.54 Å². The molecule has 0 spiro atoms. The molecule has 1 aromatic heterocycles. The molecule has 5 nitrogen and oxygen atoms in total. The summed E-state index contributed by atoms with van der Waals surface area (Å²) in [5.74, 6) is -0.122. The van der Waals surface area contributed by atoms with E-state index in [1.54, 1.807) is 24.5 Å². The first-order chi connectivity index (χ1) is 10.1. The van der Waals surface area contributed by atoms with Gasteiger partial charge < -0.3 is 15.6 Å². The highest BCUT2D eigenvalue weighted by atomic mass is 79.9. The molecule has 2 aromatic carbocycles. The highest BCUT2D eigenvalue weighted by molar-refractivity contribution is 9.10. The van der Waals surface area contributed by atoms with Crippen molar-refractivity contribution in [3.8, 4) is 0 Å². The third kappa shape index (κ3) is 2.90. The van der Waals surface area contributed by atoms with Gasteiger partial charge in [-0.25, -0.2) is 4.98 Å². The van der Waals surface area contributed by atoms with Gasteiger partial charge in [0.1, 0.15) is 6.54 Å². The van der Waals surface area contributed by atoms with Crippen molar-refractivity contribution in [3.63, 3.8) is 0 Å². The molecule has 1 amide bonds. The smallest absolute Gasteiger partial charge is 0.244 e. The lowest BCUT2D eigenvalue weighted by Gasteiger charge is -2.09. The molecule has 0 bridgehead atoms. The topological polar surface area (TPSA) is 72.9 Å². The Kier molecular flexibility index (Phi) is 3.62. The number of nitrogens with zero attached hydrogens (tertiary/aromatic N) is 2. The van der Waals surface area contributed by atoms with Crippen molar-refractivity contribution < 1.29 is 4.79 Å². The fraction of sp³-hybridized carbons (Fsp3) is 0.0667. The van der Waals surface area contributed by atoms with E-state index in [1.807, 2.05) is 28.8 Å². The summed E-state index contributed by atoms with van der Waals surface area (Å²) in [6.07, 6.45) is 1.67. The quantitative estimate of drug-likeness (QED) is 0.717. The molecule has 3 rings (SSSR count). The Bertz CT molecular complexity index is 812. The van der Waals surface area contributed by atoms with E-state index in [1.165, 1.54) is 0 Å². The average Bonchev–Trinajstić information content (AvgIpc) is 2.85. The van der Waals surface area contributed by atoms with Gasteiger partial charge in [-0.2, -0.15) is 0 Å². The van der Waals surface area contributed by atoms with E-state index in [4.69, 9.17) is 5.73 Å². The first-order valence-corrected chi connectivity index (χ1v) is 7.17. The number of nitrogens with two attached hydrogens (primary N) is 1. The number of halogens is 1. The molecule has 6 heteroatoms. The van der Waals surface area contributed by atoms with E-state index < -0.39 is 0 Å². The molecule has 0 aliphatic heterocycles. The van der Waals surface area contributed by atoms with Crippen LogP contribution in [0.5, 0.6) is 0 Å². The first kappa shape index (κ1) is 13.6. The van der Waals surface area contributed by atoms with Crippen molar-refractivity contribution in [3.05, 3.63) is 53.3 Å². The van der Waals surface area contributed by atoms with Crippen LogP contribution in [0.4, 0.5) is 11.4 Å². The van der Waals surface area contributed by atoms with Crippen molar-refractivity contribution in [2.24, 2.45) is 0 Å². The number of imidazole rings is 1. The molecular weight excluding hydrogens is 332 g/mol. The highest BCUT2D eigenvalue weighted by Gasteiger charge is 2.09. The maximum absolute atomic E-state index is 12.1. The number of carbonyl (C=O) groups excluding carboxylic acids is 1. The Balaban J connectivity index is 1.77. The summed E-state index contributed by atoms with van der Waals surface area (Å²) in [6, 6.07) is 13.0. The SMILES string of the molecule is Nc1ccc(NC(=O)Cn2cnc3ccccc32)c(Br)c1. The molecule has 3 N–H and O–H groups in total. The number of nitrogens with one attached hydrogen (secondary N) is 1. The minimum atomic E-state index is -0.122. The van der Waals surface area contributed by atoms with Crippen LogP contribution >= 0.6 is 15.9 Å². The summed E-state index contributed by atoms with van der Waals surface area (Å²) in [5, 5.41) is 2.85. The predicted molar refractivity (Wildman–Crippen MR) is 86.9 cm³/mol. The van der Waals surface area contributed by atoms with Crippen LogP contribution in [0.1, 0.15) is 0 Å². The standard InChI is InChI=1S/C15H13BrN4O/c16-11-7-10(17)5-6-12(11)19-15(21)8-20-9-18-13-3-1-2-4-14(13)20/h1-7,9H,8,17H2,(H,19,21). The normalized spacial score (nSPS) is 10.7. The van der Waals surface area contributed by atoms with Crippen LogP contribution in [0, 0.1) is 0 Å². The van der Waals surface area contributed by atoms with Gasteiger partial charge in [-0.1, -0.05) is 12.1 Å². The number of hydrogen-bond acceptors (Lipinski definition) is 3. The lowest BCUT2D eigenvalue weighted by Crippen LogP contribution is -2.18. The lowest BCUT2D eigenvalue weighted by molar-refractivity contribution is -0.116. The summed E-state index contributed by atoms with van der Waals surface area (Å²) < 4.78 is 2.57. The lowest BCUT2D eigenvalue weighted by atomic mass is 10.3. The zero-order valence-corrected chi connectivity index (χ0v) is 12.7. The number of hydrogen-bond donors (Lipinski definition) is 2. The van der Waals surface area contributed by atoms with E-state index in [-0.39, 0.29) is 12.5 Å². The van der Waals surface area contributed by atoms with Crippen LogP contribution in [-0.4, -0.2) is 15.5 Å². The number of para-hydroxylation sites is 2. The van der Waals surface area contributed by atoms with E-state index in [0.29, 0.717) is 11.4 Å². The molecule has 21 heavy (non-hydrogen) atoms. The average molecular weight is 345 g/mol. The summed E-state index contributed by atoms with van der Waals surface area (Å²) >= 11 is 3.38. The van der Waals surface area contributed by atoms with E-state index in [2.05, 4.69) is 26.2 Å². The number of anilines is 2. The van der Waals surface area contributed by atoms with Gasteiger partial charge in [0.15, 0.2) is 0 Å². The Morgan fingerprint density at radius 2 is 2.10 bits per heavy atom. The number of carbonyl (C=O) groups is 1. The molecule has 0 atom stereocenters. The van der Waals surface area contributed by atoms with Gasteiger partial charge in [-0.3, -0.25) is 4.79 Å². The van der Waals surface area contributed by atoms with E-state index >= 15 is 0 Å². The number of amides is 1. The number of aromatic nitrogens is 2. The van der Waals surface area contributed by atoms with Gasteiger partial charge >= 0.3 is 0 Å². The Labute approximate surface area is 129 Å². The molecule has 0 radical (unpaired) electrons. The zero-order valence-electron chi connectivity index (χ0n) is 11.1. The minimum absolute atomic E-state index is 0.122. The second-order valence-electron chi connectivity index (χ2n) is 4.65. The van der Waals surface area contributed by atoms with Gasteiger partial charge in [-0.15, -0.1) is 0 Å². The highest BCUT2D eigenvalue weighted by Crippen LogP contribution is 2.24. The number of fused-ring (bicyclic) bond motifs is 1. The van der Waals surface area contributed by atoms with Gasteiger partial charge in [-0.05, 0) is 46.3 Å². The largest absolute Gasteiger partial charge is 0.399 e. The monoisotopic (exact) mass is 344 g/mol. The molecule has 0 saturated heterocycles.